The van der Waals surface area contributed by atoms with Gasteiger partial charge in [-0.2, -0.15) is 0 Å². The first-order valence-corrected chi connectivity index (χ1v) is 3.78. The standard InChI is InChI=1S/C8H18N2/c1-5-7-8-10(6-2)9(3)4/h6H,2,5,7-8H2,1,3-4H3. The molecule has 0 unspecified atom stereocenters. The van der Waals surface area contributed by atoms with Gasteiger partial charge in [-0.25, -0.2) is 5.01 Å². The second-order valence-electron chi connectivity index (χ2n) is 2.55. The highest BCUT2D eigenvalue weighted by molar-refractivity contribution is 4.65. The van der Waals surface area contributed by atoms with Gasteiger partial charge in [0.15, 0.2) is 0 Å². The Morgan fingerprint density at radius 3 is 2.30 bits per heavy atom. The maximum atomic E-state index is 3.72. The van der Waals surface area contributed by atoms with Gasteiger partial charge in [-0.05, 0) is 6.42 Å². The zero-order valence-corrected chi connectivity index (χ0v) is 7.30. The minimum absolute atomic E-state index is 1.08. The van der Waals surface area contributed by atoms with E-state index in [2.05, 4.69) is 18.5 Å². The summed E-state index contributed by atoms with van der Waals surface area (Å²) >= 11 is 0. The summed E-state index contributed by atoms with van der Waals surface area (Å²) in [4.78, 5) is 0. The Morgan fingerprint density at radius 1 is 1.40 bits per heavy atom. The zero-order valence-electron chi connectivity index (χ0n) is 7.30. The zero-order chi connectivity index (χ0) is 7.98. The summed E-state index contributed by atoms with van der Waals surface area (Å²) in [5.41, 5.74) is 0. The molecule has 0 fully saturated rings. The monoisotopic (exact) mass is 142 g/mol. The molecule has 0 heterocycles. The molecule has 10 heavy (non-hydrogen) atoms. The predicted molar refractivity (Wildman–Crippen MR) is 45.5 cm³/mol. The molecule has 0 spiro atoms. The number of nitrogens with zero attached hydrogens (tertiary/aromatic N) is 2. The van der Waals surface area contributed by atoms with Crippen molar-refractivity contribution in [2.24, 2.45) is 0 Å². The van der Waals surface area contributed by atoms with Crippen LogP contribution in [0.1, 0.15) is 19.8 Å². The largest absolute Gasteiger partial charge is 0.314 e. The van der Waals surface area contributed by atoms with Gasteiger partial charge in [0.1, 0.15) is 0 Å². The molecule has 60 valence electrons. The summed E-state index contributed by atoms with van der Waals surface area (Å²) < 4.78 is 0. The highest BCUT2D eigenvalue weighted by atomic mass is 15.6. The van der Waals surface area contributed by atoms with E-state index >= 15 is 0 Å². The van der Waals surface area contributed by atoms with Crippen molar-refractivity contribution in [3.8, 4) is 0 Å². The molecule has 0 bridgehead atoms. The first-order valence-electron chi connectivity index (χ1n) is 3.78. The molecule has 0 aliphatic rings. The van der Waals surface area contributed by atoms with Gasteiger partial charge >= 0.3 is 0 Å². The Hall–Kier alpha value is -0.500. The lowest BCUT2D eigenvalue weighted by atomic mass is 10.3. The Labute approximate surface area is 64.1 Å². The van der Waals surface area contributed by atoms with Gasteiger partial charge in [-0.3, -0.25) is 0 Å². The fraction of sp³-hybridized carbons (Fsp3) is 0.750. The van der Waals surface area contributed by atoms with Crippen molar-refractivity contribution in [1.29, 1.82) is 0 Å². The van der Waals surface area contributed by atoms with Gasteiger partial charge in [0, 0.05) is 26.8 Å². The molecular weight excluding hydrogens is 124 g/mol. The van der Waals surface area contributed by atoms with Crippen LogP contribution in [-0.4, -0.2) is 30.7 Å². The van der Waals surface area contributed by atoms with Crippen molar-refractivity contribution < 1.29 is 0 Å². The van der Waals surface area contributed by atoms with Crippen molar-refractivity contribution in [2.45, 2.75) is 19.8 Å². The van der Waals surface area contributed by atoms with Gasteiger partial charge in [0.2, 0.25) is 0 Å². The van der Waals surface area contributed by atoms with Crippen molar-refractivity contribution >= 4 is 0 Å². The van der Waals surface area contributed by atoms with E-state index in [1.165, 1.54) is 12.8 Å². The SMILES string of the molecule is C=CN(CCCC)N(C)C. The van der Waals surface area contributed by atoms with Gasteiger partial charge in [-0.15, -0.1) is 0 Å². The Kier molecular flexibility index (Phi) is 5.03. The fourth-order valence-electron chi connectivity index (χ4n) is 0.775. The van der Waals surface area contributed by atoms with Gasteiger partial charge in [-0.1, -0.05) is 19.9 Å². The van der Waals surface area contributed by atoms with Crippen LogP contribution in [0.2, 0.25) is 0 Å². The predicted octanol–water partition coefficient (Wildman–Crippen LogP) is 1.71. The molecule has 2 heteroatoms. The van der Waals surface area contributed by atoms with Gasteiger partial charge in [0.05, 0.1) is 0 Å². The molecule has 0 atom stereocenters. The number of hydrogen-bond acceptors (Lipinski definition) is 2. The van der Waals surface area contributed by atoms with Crippen molar-refractivity contribution in [1.82, 2.24) is 10.0 Å². The lowest BCUT2D eigenvalue weighted by Gasteiger charge is -2.26. The highest BCUT2D eigenvalue weighted by Gasteiger charge is 1.97. The first-order chi connectivity index (χ1) is 4.72. The average Bonchev–Trinajstić information content (AvgIpc) is 1.89. The third-order valence-corrected chi connectivity index (χ3v) is 1.47. The molecule has 0 amide bonds. The third kappa shape index (κ3) is 3.51. The molecular formula is C8H18N2. The maximum absolute atomic E-state index is 3.72. The molecule has 0 aliphatic heterocycles. The molecule has 0 aromatic carbocycles. The Bertz CT molecular complexity index is 89.3. The summed E-state index contributed by atoms with van der Waals surface area (Å²) in [7, 11) is 4.05. The van der Waals surface area contributed by atoms with Crippen LogP contribution in [0.3, 0.4) is 0 Å². The molecule has 0 saturated heterocycles. The van der Waals surface area contributed by atoms with Crippen LogP contribution in [0.4, 0.5) is 0 Å². The summed E-state index contributed by atoms with van der Waals surface area (Å²) in [6, 6.07) is 0. The van der Waals surface area contributed by atoms with E-state index in [4.69, 9.17) is 0 Å². The van der Waals surface area contributed by atoms with E-state index < -0.39 is 0 Å². The van der Waals surface area contributed by atoms with Gasteiger partial charge in [0.25, 0.3) is 0 Å². The smallest absolute Gasteiger partial charge is 0.0339 e. The second-order valence-corrected chi connectivity index (χ2v) is 2.55. The van der Waals surface area contributed by atoms with E-state index in [0.29, 0.717) is 0 Å². The van der Waals surface area contributed by atoms with Crippen LogP contribution in [0.5, 0.6) is 0 Å². The molecule has 0 saturated carbocycles. The molecule has 0 aromatic rings. The maximum Gasteiger partial charge on any atom is 0.0339 e. The molecule has 0 rings (SSSR count). The summed E-state index contributed by atoms with van der Waals surface area (Å²) in [5, 5.41) is 4.14. The summed E-state index contributed by atoms with van der Waals surface area (Å²) in [6.07, 6.45) is 4.32. The van der Waals surface area contributed by atoms with Crippen LogP contribution in [0, 0.1) is 0 Å². The summed E-state index contributed by atoms with van der Waals surface area (Å²) in [6.45, 7) is 6.99. The van der Waals surface area contributed by atoms with E-state index in [1.807, 2.05) is 25.3 Å². The molecule has 0 aromatic heterocycles. The van der Waals surface area contributed by atoms with Gasteiger partial charge < -0.3 is 5.01 Å². The van der Waals surface area contributed by atoms with E-state index in [9.17, 15) is 0 Å². The van der Waals surface area contributed by atoms with Crippen LogP contribution in [0.15, 0.2) is 12.8 Å². The second kappa shape index (κ2) is 5.30. The lowest BCUT2D eigenvalue weighted by molar-refractivity contribution is 0.0815. The number of hydrazine groups is 1. The number of hydrogen-bond donors (Lipinski definition) is 0. The lowest BCUT2D eigenvalue weighted by Crippen LogP contribution is -2.32. The van der Waals surface area contributed by atoms with E-state index in [0.717, 1.165) is 6.54 Å². The minimum atomic E-state index is 1.08. The van der Waals surface area contributed by atoms with Crippen LogP contribution in [0.25, 0.3) is 0 Å². The first kappa shape index (κ1) is 9.50. The Balaban J connectivity index is 3.50. The highest BCUT2D eigenvalue weighted by Crippen LogP contribution is 1.96. The van der Waals surface area contributed by atoms with Crippen LogP contribution < -0.4 is 0 Å². The number of unbranched alkanes of at least 4 members (excludes halogenated alkanes) is 1. The average molecular weight is 142 g/mol. The summed E-state index contributed by atoms with van der Waals surface area (Å²) in [5.74, 6) is 0. The number of rotatable bonds is 5. The quantitative estimate of drug-likeness (QED) is 0.539. The molecule has 0 radical (unpaired) electrons. The van der Waals surface area contributed by atoms with Crippen molar-refractivity contribution in [2.75, 3.05) is 20.6 Å². The molecule has 0 N–H and O–H groups in total. The van der Waals surface area contributed by atoms with E-state index in [-0.39, 0.29) is 0 Å². The van der Waals surface area contributed by atoms with Crippen molar-refractivity contribution in [3.63, 3.8) is 0 Å². The Morgan fingerprint density at radius 2 is 2.00 bits per heavy atom. The third-order valence-electron chi connectivity index (χ3n) is 1.47. The van der Waals surface area contributed by atoms with Crippen LogP contribution in [-0.2, 0) is 0 Å². The normalized spacial score (nSPS) is 10.0. The minimum Gasteiger partial charge on any atom is -0.314 e. The van der Waals surface area contributed by atoms with E-state index in [1.54, 1.807) is 0 Å². The molecule has 2 nitrogen and oxygen atoms in total. The fourth-order valence-corrected chi connectivity index (χ4v) is 0.775. The van der Waals surface area contributed by atoms with Crippen molar-refractivity contribution in [3.05, 3.63) is 12.8 Å². The topological polar surface area (TPSA) is 6.48 Å². The van der Waals surface area contributed by atoms with Crippen LogP contribution >= 0.6 is 0 Å². The molecule has 0 aliphatic carbocycles.